The van der Waals surface area contributed by atoms with Crippen LogP contribution in [-0.4, -0.2) is 47.4 Å². The Kier molecular flexibility index (Phi) is 3.56. The number of likely N-dealkylation sites (tertiary alicyclic amines) is 1. The molecule has 0 bridgehead atoms. The Morgan fingerprint density at radius 2 is 2.44 bits per heavy atom. The largest absolute Gasteiger partial charge is 0.469 e. The number of esters is 1. The summed E-state index contributed by atoms with van der Waals surface area (Å²) in [5.41, 5.74) is 0. The highest BCUT2D eigenvalue weighted by molar-refractivity contribution is 5.72. The first-order valence-electron chi connectivity index (χ1n) is 5.57. The highest BCUT2D eigenvalue weighted by atomic mass is 16.5. The van der Waals surface area contributed by atoms with Crippen molar-refractivity contribution in [1.29, 1.82) is 0 Å². The number of hydrogen-bond acceptors (Lipinski definition) is 4. The molecule has 5 heteroatoms. The lowest BCUT2D eigenvalue weighted by Crippen LogP contribution is -2.27. The molecule has 1 aliphatic heterocycles. The van der Waals surface area contributed by atoms with Crippen molar-refractivity contribution >= 4 is 5.97 Å². The van der Waals surface area contributed by atoms with E-state index in [-0.39, 0.29) is 11.9 Å². The summed E-state index contributed by atoms with van der Waals surface area (Å²) in [4.78, 5) is 13.6. The second-order valence-electron chi connectivity index (χ2n) is 4.08. The second-order valence-corrected chi connectivity index (χ2v) is 4.08. The van der Waals surface area contributed by atoms with E-state index in [1.54, 1.807) is 6.20 Å². The molecular weight excluding hydrogens is 206 g/mol. The monoisotopic (exact) mass is 223 g/mol. The number of ether oxygens (including phenoxy) is 1. The van der Waals surface area contributed by atoms with Gasteiger partial charge >= 0.3 is 5.97 Å². The quantitative estimate of drug-likeness (QED) is 0.692. The van der Waals surface area contributed by atoms with Gasteiger partial charge in [-0.1, -0.05) is 0 Å². The molecule has 16 heavy (non-hydrogen) atoms. The summed E-state index contributed by atoms with van der Waals surface area (Å²) < 4.78 is 6.66. The number of carbonyl (C=O) groups is 1. The second kappa shape index (κ2) is 5.12. The highest BCUT2D eigenvalue weighted by Gasteiger charge is 2.28. The molecule has 1 unspecified atom stereocenters. The molecular formula is C11H17N3O2. The minimum absolute atomic E-state index is 0.0580. The van der Waals surface area contributed by atoms with Gasteiger partial charge in [-0.3, -0.25) is 9.48 Å². The number of hydrogen-bond donors (Lipinski definition) is 0. The predicted molar refractivity (Wildman–Crippen MR) is 58.8 cm³/mol. The number of rotatable bonds is 4. The molecule has 0 N–H and O–H groups in total. The molecule has 88 valence electrons. The molecule has 0 spiro atoms. The van der Waals surface area contributed by atoms with Crippen LogP contribution in [0.25, 0.3) is 0 Å². The van der Waals surface area contributed by atoms with Crippen LogP contribution in [-0.2, 0) is 16.1 Å². The molecule has 0 radical (unpaired) electrons. The molecule has 0 amide bonds. The first kappa shape index (κ1) is 11.1. The molecule has 0 aromatic carbocycles. The Bertz CT molecular complexity index is 337. The van der Waals surface area contributed by atoms with Crippen LogP contribution in [0, 0.1) is 5.92 Å². The fraction of sp³-hybridized carbons (Fsp3) is 0.636. The zero-order valence-electron chi connectivity index (χ0n) is 9.50. The SMILES string of the molecule is COC(=O)C1CCN(CCn2cccn2)C1. The molecule has 5 nitrogen and oxygen atoms in total. The van der Waals surface area contributed by atoms with Crippen molar-refractivity contribution in [2.24, 2.45) is 5.92 Å². The van der Waals surface area contributed by atoms with Crippen LogP contribution in [0.15, 0.2) is 18.5 Å². The molecule has 1 aromatic rings. The molecule has 1 fully saturated rings. The van der Waals surface area contributed by atoms with E-state index in [0.29, 0.717) is 0 Å². The van der Waals surface area contributed by atoms with Crippen LogP contribution in [0.2, 0.25) is 0 Å². The molecule has 1 atom stereocenters. The van der Waals surface area contributed by atoms with Gasteiger partial charge in [0, 0.05) is 25.5 Å². The summed E-state index contributed by atoms with van der Waals surface area (Å²) in [6.07, 6.45) is 4.64. The van der Waals surface area contributed by atoms with Crippen molar-refractivity contribution in [3.63, 3.8) is 0 Å². The molecule has 0 saturated carbocycles. The molecule has 1 aromatic heterocycles. The number of aromatic nitrogens is 2. The van der Waals surface area contributed by atoms with E-state index in [2.05, 4.69) is 10.00 Å². The lowest BCUT2D eigenvalue weighted by molar-refractivity contribution is -0.144. The third kappa shape index (κ3) is 2.61. The van der Waals surface area contributed by atoms with Gasteiger partial charge in [0.15, 0.2) is 0 Å². The Morgan fingerprint density at radius 3 is 3.12 bits per heavy atom. The van der Waals surface area contributed by atoms with Crippen LogP contribution in [0.1, 0.15) is 6.42 Å². The van der Waals surface area contributed by atoms with Gasteiger partial charge in [0.05, 0.1) is 19.6 Å². The van der Waals surface area contributed by atoms with Gasteiger partial charge < -0.3 is 9.64 Å². The maximum atomic E-state index is 11.3. The van der Waals surface area contributed by atoms with Gasteiger partial charge in [0.25, 0.3) is 0 Å². The lowest BCUT2D eigenvalue weighted by atomic mass is 10.1. The fourth-order valence-electron chi connectivity index (χ4n) is 2.07. The third-order valence-electron chi connectivity index (χ3n) is 3.01. The van der Waals surface area contributed by atoms with Crippen molar-refractivity contribution in [1.82, 2.24) is 14.7 Å². The fourth-order valence-corrected chi connectivity index (χ4v) is 2.07. The highest BCUT2D eigenvalue weighted by Crippen LogP contribution is 2.16. The van der Waals surface area contributed by atoms with Gasteiger partial charge in [-0.25, -0.2) is 0 Å². The van der Waals surface area contributed by atoms with Gasteiger partial charge in [-0.15, -0.1) is 0 Å². The first-order valence-corrected chi connectivity index (χ1v) is 5.57. The topological polar surface area (TPSA) is 47.4 Å². The summed E-state index contributed by atoms with van der Waals surface area (Å²) >= 11 is 0. The van der Waals surface area contributed by atoms with E-state index < -0.39 is 0 Å². The molecule has 1 aliphatic rings. The zero-order chi connectivity index (χ0) is 11.4. The summed E-state index contributed by atoms with van der Waals surface area (Å²) in [5, 5.41) is 4.15. The molecule has 2 heterocycles. The zero-order valence-corrected chi connectivity index (χ0v) is 9.50. The van der Waals surface area contributed by atoms with Crippen LogP contribution in [0.5, 0.6) is 0 Å². The van der Waals surface area contributed by atoms with Crippen molar-refractivity contribution in [3.05, 3.63) is 18.5 Å². The lowest BCUT2D eigenvalue weighted by Gasteiger charge is -2.15. The van der Waals surface area contributed by atoms with Crippen LogP contribution in [0.4, 0.5) is 0 Å². The summed E-state index contributed by atoms with van der Waals surface area (Å²) in [6.45, 7) is 3.60. The molecule has 2 rings (SSSR count). The van der Waals surface area contributed by atoms with E-state index in [9.17, 15) is 4.79 Å². The van der Waals surface area contributed by atoms with Crippen LogP contribution in [0.3, 0.4) is 0 Å². The van der Waals surface area contributed by atoms with E-state index in [1.807, 2.05) is 16.9 Å². The van der Waals surface area contributed by atoms with Crippen molar-refractivity contribution < 1.29 is 9.53 Å². The Morgan fingerprint density at radius 1 is 1.56 bits per heavy atom. The Hall–Kier alpha value is -1.36. The maximum Gasteiger partial charge on any atom is 0.310 e. The van der Waals surface area contributed by atoms with Crippen molar-refractivity contribution in [2.45, 2.75) is 13.0 Å². The predicted octanol–water partition coefficient (Wildman–Crippen LogP) is 0.378. The van der Waals surface area contributed by atoms with Crippen LogP contribution < -0.4 is 0 Å². The van der Waals surface area contributed by atoms with Crippen molar-refractivity contribution in [2.75, 3.05) is 26.7 Å². The van der Waals surface area contributed by atoms with E-state index >= 15 is 0 Å². The number of nitrogens with zero attached hydrogens (tertiary/aromatic N) is 3. The van der Waals surface area contributed by atoms with E-state index in [1.165, 1.54) is 7.11 Å². The van der Waals surface area contributed by atoms with Gasteiger partial charge in [0.1, 0.15) is 0 Å². The minimum Gasteiger partial charge on any atom is -0.469 e. The van der Waals surface area contributed by atoms with Gasteiger partial charge in [0.2, 0.25) is 0 Å². The summed E-state index contributed by atoms with van der Waals surface area (Å²) in [6, 6.07) is 1.92. The average molecular weight is 223 g/mol. The number of carbonyl (C=O) groups excluding carboxylic acids is 1. The maximum absolute atomic E-state index is 11.3. The van der Waals surface area contributed by atoms with Crippen LogP contribution >= 0.6 is 0 Å². The van der Waals surface area contributed by atoms with E-state index in [4.69, 9.17) is 4.74 Å². The standard InChI is InChI=1S/C11H17N3O2/c1-16-11(15)10-3-6-13(9-10)7-8-14-5-2-4-12-14/h2,4-5,10H,3,6-9H2,1H3. The average Bonchev–Trinajstić information content (AvgIpc) is 2.96. The third-order valence-corrected chi connectivity index (χ3v) is 3.01. The van der Waals surface area contributed by atoms with Gasteiger partial charge in [-0.05, 0) is 19.0 Å². The molecule has 1 saturated heterocycles. The summed E-state index contributed by atoms with van der Waals surface area (Å²) in [5.74, 6) is -0.0239. The summed E-state index contributed by atoms with van der Waals surface area (Å²) in [7, 11) is 1.45. The molecule has 0 aliphatic carbocycles. The van der Waals surface area contributed by atoms with Gasteiger partial charge in [-0.2, -0.15) is 5.10 Å². The smallest absolute Gasteiger partial charge is 0.310 e. The minimum atomic E-state index is -0.0819. The van der Waals surface area contributed by atoms with E-state index in [0.717, 1.165) is 32.6 Å². The van der Waals surface area contributed by atoms with Crippen molar-refractivity contribution in [3.8, 4) is 0 Å². The normalized spacial score (nSPS) is 21.2. The number of methoxy groups -OCH3 is 1. The Balaban J connectivity index is 1.75. The Labute approximate surface area is 95.0 Å². The first-order chi connectivity index (χ1) is 7.79.